The number of nitrogen functional groups attached to an aromatic ring is 1. The Morgan fingerprint density at radius 2 is 1.85 bits per heavy atom. The lowest BCUT2D eigenvalue weighted by molar-refractivity contribution is 0.600. The number of hydrogen-bond donors (Lipinski definition) is 3. The molecular formula is C13H13Cl2FN4. The zero-order chi connectivity index (χ0) is 14.7. The van der Waals surface area contributed by atoms with E-state index < -0.39 is 0 Å². The monoisotopic (exact) mass is 314 g/mol. The maximum atomic E-state index is 13.7. The first-order valence-corrected chi connectivity index (χ1v) is 6.62. The van der Waals surface area contributed by atoms with Gasteiger partial charge in [-0.1, -0.05) is 41.4 Å². The van der Waals surface area contributed by atoms with Gasteiger partial charge in [0, 0.05) is 5.56 Å². The Kier molecular flexibility index (Phi) is 4.65. The maximum Gasteiger partial charge on any atom is 0.161 e. The summed E-state index contributed by atoms with van der Waals surface area (Å²) in [6.07, 6.45) is 0. The molecule has 4 N–H and O–H groups in total. The second kappa shape index (κ2) is 6.26. The van der Waals surface area contributed by atoms with Gasteiger partial charge in [0.2, 0.25) is 0 Å². The first-order valence-electron chi connectivity index (χ1n) is 5.86. The zero-order valence-corrected chi connectivity index (χ0v) is 12.1. The molecule has 0 aliphatic rings. The number of hydrogen-bond acceptors (Lipinski definition) is 4. The van der Waals surface area contributed by atoms with E-state index >= 15 is 0 Å². The minimum Gasteiger partial charge on any atom is -0.362 e. The second-order valence-corrected chi connectivity index (χ2v) is 5.00. The normalized spacial score (nSPS) is 12.1. The molecular weight excluding hydrogens is 302 g/mol. The van der Waals surface area contributed by atoms with Crippen LogP contribution in [0.3, 0.4) is 0 Å². The second-order valence-electron chi connectivity index (χ2n) is 4.18. The van der Waals surface area contributed by atoms with E-state index in [2.05, 4.69) is 15.7 Å². The number of nitrogens with zero attached hydrogens (tertiary/aromatic N) is 1. The first-order chi connectivity index (χ1) is 9.52. The van der Waals surface area contributed by atoms with Gasteiger partial charge in [-0.05, 0) is 19.1 Å². The van der Waals surface area contributed by atoms with E-state index in [4.69, 9.17) is 29.0 Å². The van der Waals surface area contributed by atoms with Crippen LogP contribution in [0.15, 0.2) is 30.3 Å². The van der Waals surface area contributed by atoms with E-state index in [1.807, 2.05) is 0 Å². The summed E-state index contributed by atoms with van der Waals surface area (Å²) >= 11 is 12.0. The number of rotatable bonds is 4. The Bertz CT molecular complexity index is 621. The Hall–Kier alpha value is -1.56. The summed E-state index contributed by atoms with van der Waals surface area (Å²) in [5.41, 5.74) is 2.89. The van der Waals surface area contributed by atoms with Crippen LogP contribution in [0.4, 0.5) is 16.0 Å². The minimum atomic E-state index is -0.312. The lowest BCUT2D eigenvalue weighted by Gasteiger charge is -2.17. The molecule has 0 radical (unpaired) electrons. The van der Waals surface area contributed by atoms with Crippen molar-refractivity contribution in [2.75, 3.05) is 10.7 Å². The Labute approximate surface area is 126 Å². The lowest BCUT2D eigenvalue weighted by Crippen LogP contribution is -2.13. The van der Waals surface area contributed by atoms with Gasteiger partial charge in [0.1, 0.15) is 11.6 Å². The van der Waals surface area contributed by atoms with Crippen molar-refractivity contribution in [3.8, 4) is 0 Å². The number of benzene rings is 1. The van der Waals surface area contributed by atoms with Gasteiger partial charge in [0.25, 0.3) is 0 Å². The Balaban J connectivity index is 2.28. The predicted molar refractivity (Wildman–Crippen MR) is 80.5 cm³/mol. The van der Waals surface area contributed by atoms with Gasteiger partial charge in [0.15, 0.2) is 5.82 Å². The third-order valence-electron chi connectivity index (χ3n) is 2.79. The number of nitrogens with one attached hydrogen (secondary N) is 2. The number of pyridine rings is 1. The molecule has 2 aromatic rings. The fraction of sp³-hybridized carbons (Fsp3) is 0.154. The van der Waals surface area contributed by atoms with Crippen LogP contribution in [0.1, 0.15) is 18.5 Å². The van der Waals surface area contributed by atoms with Crippen LogP contribution in [-0.2, 0) is 0 Å². The van der Waals surface area contributed by atoms with E-state index in [1.165, 1.54) is 12.1 Å². The van der Waals surface area contributed by atoms with Crippen molar-refractivity contribution in [1.82, 2.24) is 4.98 Å². The molecule has 0 fully saturated rings. The fourth-order valence-electron chi connectivity index (χ4n) is 1.78. The van der Waals surface area contributed by atoms with Gasteiger partial charge < -0.3 is 10.7 Å². The van der Waals surface area contributed by atoms with Crippen molar-refractivity contribution in [3.63, 3.8) is 0 Å². The topological polar surface area (TPSA) is 63.0 Å². The van der Waals surface area contributed by atoms with Crippen molar-refractivity contribution >= 4 is 34.8 Å². The van der Waals surface area contributed by atoms with E-state index in [0.717, 1.165) is 0 Å². The SMILES string of the molecule is CC(Nc1nc(NN)c(Cl)cc1Cl)c1ccccc1F. The van der Waals surface area contributed by atoms with Crippen LogP contribution in [0.2, 0.25) is 10.0 Å². The molecule has 0 amide bonds. The molecule has 0 saturated carbocycles. The van der Waals surface area contributed by atoms with Crippen LogP contribution in [0.25, 0.3) is 0 Å². The van der Waals surface area contributed by atoms with E-state index in [0.29, 0.717) is 27.2 Å². The first kappa shape index (κ1) is 14.8. The third-order valence-corrected chi connectivity index (χ3v) is 3.37. The molecule has 1 atom stereocenters. The van der Waals surface area contributed by atoms with Crippen molar-refractivity contribution in [2.24, 2.45) is 5.84 Å². The van der Waals surface area contributed by atoms with E-state index in [-0.39, 0.29) is 11.9 Å². The summed E-state index contributed by atoms with van der Waals surface area (Å²) in [7, 11) is 0. The standard InChI is InChI=1S/C13H13Cl2FN4/c1-7(8-4-2-3-5-11(8)16)18-12-9(14)6-10(15)13(19-12)20-17/h2-7H,17H2,1H3,(H2,18,19,20). The van der Waals surface area contributed by atoms with Gasteiger partial charge in [0.05, 0.1) is 16.1 Å². The van der Waals surface area contributed by atoms with Gasteiger partial charge in [-0.3, -0.25) is 0 Å². The molecule has 2 rings (SSSR count). The molecule has 1 aromatic carbocycles. The van der Waals surface area contributed by atoms with Crippen molar-refractivity contribution in [2.45, 2.75) is 13.0 Å². The molecule has 1 heterocycles. The summed E-state index contributed by atoms with van der Waals surface area (Å²) in [5, 5.41) is 3.67. The van der Waals surface area contributed by atoms with Crippen molar-refractivity contribution in [1.29, 1.82) is 0 Å². The van der Waals surface area contributed by atoms with Crippen LogP contribution in [0.5, 0.6) is 0 Å². The highest BCUT2D eigenvalue weighted by atomic mass is 35.5. The van der Waals surface area contributed by atoms with Crippen LogP contribution in [-0.4, -0.2) is 4.98 Å². The maximum absolute atomic E-state index is 13.7. The van der Waals surface area contributed by atoms with Crippen LogP contribution in [0, 0.1) is 5.82 Å². The quantitative estimate of drug-likeness (QED) is 0.590. The molecule has 0 spiro atoms. The zero-order valence-electron chi connectivity index (χ0n) is 10.6. The highest BCUT2D eigenvalue weighted by Crippen LogP contribution is 2.31. The lowest BCUT2D eigenvalue weighted by atomic mass is 10.1. The number of aromatic nitrogens is 1. The van der Waals surface area contributed by atoms with E-state index in [9.17, 15) is 4.39 Å². The average molecular weight is 315 g/mol. The number of halogens is 3. The van der Waals surface area contributed by atoms with Crippen LogP contribution >= 0.6 is 23.2 Å². The predicted octanol–water partition coefficient (Wildman–Crippen LogP) is 3.99. The largest absolute Gasteiger partial charge is 0.362 e. The summed E-state index contributed by atoms with van der Waals surface area (Å²) in [6.45, 7) is 1.81. The minimum absolute atomic E-state index is 0.291. The molecule has 106 valence electrons. The molecule has 0 aliphatic heterocycles. The Morgan fingerprint density at radius 1 is 1.20 bits per heavy atom. The Morgan fingerprint density at radius 3 is 2.50 bits per heavy atom. The third kappa shape index (κ3) is 3.12. The number of anilines is 2. The summed E-state index contributed by atoms with van der Waals surface area (Å²) < 4.78 is 13.7. The molecule has 20 heavy (non-hydrogen) atoms. The summed E-state index contributed by atoms with van der Waals surface area (Å²) in [4.78, 5) is 4.15. The molecule has 0 aliphatic carbocycles. The highest BCUT2D eigenvalue weighted by Gasteiger charge is 2.14. The van der Waals surface area contributed by atoms with Crippen LogP contribution < -0.4 is 16.6 Å². The van der Waals surface area contributed by atoms with Crippen molar-refractivity contribution < 1.29 is 4.39 Å². The molecule has 1 aromatic heterocycles. The highest BCUT2D eigenvalue weighted by molar-refractivity contribution is 6.37. The average Bonchev–Trinajstić information content (AvgIpc) is 2.42. The fourth-order valence-corrected chi connectivity index (χ4v) is 2.25. The smallest absolute Gasteiger partial charge is 0.161 e. The van der Waals surface area contributed by atoms with Crippen molar-refractivity contribution in [3.05, 3.63) is 51.8 Å². The summed E-state index contributed by atoms with van der Waals surface area (Å²) in [5.74, 6) is 5.68. The number of hydrazine groups is 1. The molecule has 0 bridgehead atoms. The molecule has 7 heteroatoms. The van der Waals surface area contributed by atoms with Gasteiger partial charge in [-0.25, -0.2) is 15.2 Å². The molecule has 1 unspecified atom stereocenters. The van der Waals surface area contributed by atoms with E-state index in [1.54, 1.807) is 25.1 Å². The summed E-state index contributed by atoms with van der Waals surface area (Å²) in [6, 6.07) is 7.70. The van der Waals surface area contributed by atoms with Gasteiger partial charge in [-0.2, -0.15) is 0 Å². The number of nitrogens with two attached hydrogens (primary N) is 1. The van der Waals surface area contributed by atoms with Gasteiger partial charge >= 0.3 is 0 Å². The molecule has 4 nitrogen and oxygen atoms in total. The molecule has 0 saturated heterocycles. The van der Waals surface area contributed by atoms with Gasteiger partial charge in [-0.15, -0.1) is 0 Å².